The smallest absolute Gasteiger partial charge is 0.0831 e. The van der Waals surface area contributed by atoms with Gasteiger partial charge in [0.15, 0.2) is 0 Å². The quantitative estimate of drug-likeness (QED) is 0.873. The minimum Gasteiger partial charge on any atom is -0.268 e. The first kappa shape index (κ1) is 12.4. The van der Waals surface area contributed by atoms with Crippen LogP contribution in [0.2, 0.25) is 0 Å². The van der Waals surface area contributed by atoms with Crippen molar-refractivity contribution in [2.45, 2.75) is 40.8 Å². The number of hydrogen-bond acceptors (Lipinski definition) is 2. The van der Waals surface area contributed by atoms with E-state index < -0.39 is 0 Å². The Balaban J connectivity index is 2.34. The van der Waals surface area contributed by atoms with Crippen molar-refractivity contribution in [3.63, 3.8) is 0 Å². The normalized spacial score (nSPS) is 11.1. The molecular weight excluding hydrogens is 280 g/mol. The molecule has 17 heavy (non-hydrogen) atoms. The lowest BCUT2D eigenvalue weighted by molar-refractivity contribution is 0.566. The first-order chi connectivity index (χ1) is 8.02. The summed E-state index contributed by atoms with van der Waals surface area (Å²) in [5.74, 6) is 0. The van der Waals surface area contributed by atoms with Crippen LogP contribution in [0.1, 0.15) is 29.7 Å². The van der Waals surface area contributed by atoms with Crippen molar-refractivity contribution in [3.05, 3.63) is 33.3 Å². The first-order valence-corrected chi connectivity index (χ1v) is 6.55. The van der Waals surface area contributed by atoms with Gasteiger partial charge in [0, 0.05) is 6.54 Å². The molecule has 0 amide bonds. The second kappa shape index (κ2) is 4.64. The highest BCUT2D eigenvalue weighted by atomic mass is 79.9. The molecule has 4 nitrogen and oxygen atoms in total. The number of halogens is 1. The fourth-order valence-electron chi connectivity index (χ4n) is 1.98. The summed E-state index contributed by atoms with van der Waals surface area (Å²) >= 11 is 3.55. The number of hydrogen-bond donors (Lipinski definition) is 0. The van der Waals surface area contributed by atoms with Gasteiger partial charge in [-0.15, -0.1) is 0 Å². The summed E-state index contributed by atoms with van der Waals surface area (Å²) in [5.41, 5.74) is 4.44. The number of aromatic nitrogens is 4. The predicted molar refractivity (Wildman–Crippen MR) is 71.1 cm³/mol. The van der Waals surface area contributed by atoms with Gasteiger partial charge >= 0.3 is 0 Å². The van der Waals surface area contributed by atoms with E-state index in [4.69, 9.17) is 0 Å². The molecule has 0 aliphatic carbocycles. The van der Waals surface area contributed by atoms with Crippen LogP contribution >= 0.6 is 15.9 Å². The van der Waals surface area contributed by atoms with Crippen LogP contribution in [0.15, 0.2) is 10.5 Å². The maximum atomic E-state index is 4.52. The van der Waals surface area contributed by atoms with Crippen molar-refractivity contribution in [3.8, 4) is 0 Å². The molecule has 2 rings (SSSR count). The van der Waals surface area contributed by atoms with Crippen molar-refractivity contribution in [2.24, 2.45) is 0 Å². The molecule has 0 N–H and O–H groups in total. The van der Waals surface area contributed by atoms with Gasteiger partial charge in [0.05, 0.1) is 33.8 Å². The zero-order chi connectivity index (χ0) is 12.6. The summed E-state index contributed by atoms with van der Waals surface area (Å²) in [6, 6.07) is 2.12. The van der Waals surface area contributed by atoms with Crippen molar-refractivity contribution in [1.82, 2.24) is 19.6 Å². The molecule has 0 saturated carbocycles. The lowest BCUT2D eigenvalue weighted by atomic mass is 10.3. The van der Waals surface area contributed by atoms with Crippen LogP contribution in [0, 0.1) is 20.8 Å². The maximum Gasteiger partial charge on any atom is 0.0831 e. The largest absolute Gasteiger partial charge is 0.268 e. The lowest BCUT2D eigenvalue weighted by Crippen LogP contribution is -2.10. The Morgan fingerprint density at radius 2 is 1.88 bits per heavy atom. The lowest BCUT2D eigenvalue weighted by Gasteiger charge is -2.06. The highest BCUT2D eigenvalue weighted by Gasteiger charge is 2.11. The molecule has 92 valence electrons. The van der Waals surface area contributed by atoms with Gasteiger partial charge in [-0.1, -0.05) is 0 Å². The van der Waals surface area contributed by atoms with Gasteiger partial charge in [-0.3, -0.25) is 9.36 Å². The Morgan fingerprint density at radius 3 is 2.41 bits per heavy atom. The van der Waals surface area contributed by atoms with Gasteiger partial charge < -0.3 is 0 Å². The molecule has 0 aromatic carbocycles. The molecule has 0 atom stereocenters. The molecule has 2 heterocycles. The van der Waals surface area contributed by atoms with E-state index in [1.165, 1.54) is 5.69 Å². The van der Waals surface area contributed by atoms with Crippen LogP contribution in [0.25, 0.3) is 0 Å². The fourth-order valence-corrected chi connectivity index (χ4v) is 2.27. The van der Waals surface area contributed by atoms with Gasteiger partial charge in [0.2, 0.25) is 0 Å². The summed E-state index contributed by atoms with van der Waals surface area (Å²) in [7, 11) is 0. The molecule has 0 fully saturated rings. The van der Waals surface area contributed by atoms with Crippen molar-refractivity contribution >= 4 is 15.9 Å². The third-order valence-corrected chi connectivity index (χ3v) is 4.04. The van der Waals surface area contributed by atoms with Gasteiger partial charge in [0.25, 0.3) is 0 Å². The summed E-state index contributed by atoms with van der Waals surface area (Å²) in [6.45, 7) is 9.87. The number of aryl methyl sites for hydroxylation is 3. The Labute approximate surface area is 110 Å². The molecule has 0 aliphatic heterocycles. The topological polar surface area (TPSA) is 35.6 Å². The van der Waals surface area contributed by atoms with Crippen LogP contribution in [0.4, 0.5) is 0 Å². The summed E-state index contributed by atoms with van der Waals surface area (Å²) in [5, 5.41) is 8.97. The second-order valence-corrected chi connectivity index (χ2v) is 5.03. The maximum absolute atomic E-state index is 4.52. The molecule has 5 heteroatoms. The molecule has 0 spiro atoms. The Hall–Kier alpha value is -1.10. The monoisotopic (exact) mass is 296 g/mol. The predicted octanol–water partition coefficient (Wildman–Crippen LogP) is 2.84. The third kappa shape index (κ3) is 2.29. The molecule has 2 aromatic rings. The standard InChI is InChI=1S/C12H17BrN4/c1-5-16-11(6-8(2)14-16)7-17-10(4)12(13)9(3)15-17/h6H,5,7H2,1-4H3. The molecular formula is C12H17BrN4. The second-order valence-electron chi connectivity index (χ2n) is 4.24. The number of nitrogens with zero attached hydrogens (tertiary/aromatic N) is 4. The average molecular weight is 297 g/mol. The van der Waals surface area contributed by atoms with E-state index in [0.29, 0.717) is 0 Å². The summed E-state index contributed by atoms with van der Waals surface area (Å²) in [6.07, 6.45) is 0. The van der Waals surface area contributed by atoms with E-state index in [2.05, 4.69) is 46.0 Å². The average Bonchev–Trinajstić information content (AvgIpc) is 2.76. The van der Waals surface area contributed by atoms with E-state index in [-0.39, 0.29) is 0 Å². The molecule has 0 radical (unpaired) electrons. The van der Waals surface area contributed by atoms with Crippen molar-refractivity contribution in [2.75, 3.05) is 0 Å². The molecule has 0 bridgehead atoms. The zero-order valence-corrected chi connectivity index (χ0v) is 12.2. The number of rotatable bonds is 3. The molecule has 0 unspecified atom stereocenters. The van der Waals surface area contributed by atoms with E-state index >= 15 is 0 Å². The van der Waals surface area contributed by atoms with Gasteiger partial charge in [-0.2, -0.15) is 10.2 Å². The summed E-state index contributed by atoms with van der Waals surface area (Å²) < 4.78 is 5.14. The third-order valence-electron chi connectivity index (χ3n) is 2.89. The zero-order valence-electron chi connectivity index (χ0n) is 10.7. The highest BCUT2D eigenvalue weighted by Crippen LogP contribution is 2.20. The van der Waals surface area contributed by atoms with Crippen LogP contribution in [-0.4, -0.2) is 19.6 Å². The van der Waals surface area contributed by atoms with Crippen molar-refractivity contribution < 1.29 is 0 Å². The van der Waals surface area contributed by atoms with Crippen LogP contribution in [0.5, 0.6) is 0 Å². The molecule has 0 saturated heterocycles. The van der Waals surface area contributed by atoms with E-state index in [0.717, 1.165) is 34.6 Å². The molecule has 0 aliphatic rings. The van der Waals surface area contributed by atoms with E-state index in [1.807, 2.05) is 23.2 Å². The van der Waals surface area contributed by atoms with Crippen molar-refractivity contribution in [1.29, 1.82) is 0 Å². The highest BCUT2D eigenvalue weighted by molar-refractivity contribution is 9.10. The van der Waals surface area contributed by atoms with Crippen LogP contribution < -0.4 is 0 Å². The SMILES string of the molecule is CCn1nc(C)cc1Cn1nc(C)c(Br)c1C. The Kier molecular flexibility index (Phi) is 3.38. The van der Waals surface area contributed by atoms with E-state index in [9.17, 15) is 0 Å². The minimum absolute atomic E-state index is 0.771. The first-order valence-electron chi connectivity index (χ1n) is 5.75. The van der Waals surface area contributed by atoms with Gasteiger partial charge in [0.1, 0.15) is 0 Å². The fraction of sp³-hybridized carbons (Fsp3) is 0.500. The van der Waals surface area contributed by atoms with E-state index in [1.54, 1.807) is 0 Å². The summed E-state index contributed by atoms with van der Waals surface area (Å²) in [4.78, 5) is 0. The van der Waals surface area contributed by atoms with Crippen LogP contribution in [-0.2, 0) is 13.1 Å². The minimum atomic E-state index is 0.771. The van der Waals surface area contributed by atoms with Gasteiger partial charge in [-0.25, -0.2) is 0 Å². The Morgan fingerprint density at radius 1 is 1.18 bits per heavy atom. The van der Waals surface area contributed by atoms with Crippen LogP contribution in [0.3, 0.4) is 0 Å². The molecule has 2 aromatic heterocycles. The Bertz CT molecular complexity index is 539. The van der Waals surface area contributed by atoms with Gasteiger partial charge in [-0.05, 0) is 49.7 Å².